The fourth-order valence-corrected chi connectivity index (χ4v) is 1.87. The highest BCUT2D eigenvalue weighted by molar-refractivity contribution is 7.45. The van der Waals surface area contributed by atoms with Gasteiger partial charge in [0.1, 0.15) is 0 Å². The molecule has 0 saturated heterocycles. The molecule has 0 spiro atoms. The van der Waals surface area contributed by atoms with Gasteiger partial charge in [-0.25, -0.2) is 4.57 Å². The number of para-hydroxylation sites is 1. The van der Waals surface area contributed by atoms with Gasteiger partial charge in [-0.1, -0.05) is 63.6 Å². The summed E-state index contributed by atoms with van der Waals surface area (Å²) in [6, 6.07) is 10.5. The average Bonchev–Trinajstić information content (AvgIpc) is 2.41. The highest BCUT2D eigenvalue weighted by Crippen LogP contribution is 2.25. The first-order valence-corrected chi connectivity index (χ1v) is 9.07. The Hall–Kier alpha value is -0.870. The topological polar surface area (TPSA) is 89.8 Å². The fourth-order valence-electron chi connectivity index (χ4n) is 1.87. The second kappa shape index (κ2) is 12.8. The maximum Gasteiger partial charge on any atom is 0.466 e. The monoisotopic (exact) mass is 317 g/mol. The van der Waals surface area contributed by atoms with Gasteiger partial charge in [-0.15, -0.1) is 0 Å². The van der Waals surface area contributed by atoms with Crippen molar-refractivity contribution in [3.05, 3.63) is 30.3 Å². The van der Waals surface area contributed by atoms with E-state index in [4.69, 9.17) is 19.2 Å². The molecular weight excluding hydrogens is 289 g/mol. The van der Waals surface area contributed by atoms with Crippen molar-refractivity contribution < 1.29 is 19.2 Å². The van der Waals surface area contributed by atoms with E-state index in [9.17, 15) is 0 Å². The Morgan fingerprint density at radius 3 is 1.90 bits per heavy atom. The predicted molar refractivity (Wildman–Crippen MR) is 87.2 cm³/mol. The summed E-state index contributed by atoms with van der Waals surface area (Å²) in [6.45, 7) is 3.38. The predicted octanol–water partition coefficient (Wildman–Crippen LogP) is 3.92. The molecule has 5 nitrogen and oxygen atoms in total. The molecule has 1 rings (SSSR count). The van der Waals surface area contributed by atoms with Crippen molar-refractivity contribution in [2.75, 3.05) is 11.9 Å². The van der Waals surface area contributed by atoms with Crippen molar-refractivity contribution >= 4 is 13.5 Å². The summed E-state index contributed by atoms with van der Waals surface area (Å²) in [5.74, 6) is 0. The summed E-state index contributed by atoms with van der Waals surface area (Å²) in [5, 5.41) is 3.45. The van der Waals surface area contributed by atoms with Crippen molar-refractivity contribution in [2.24, 2.45) is 0 Å². The molecule has 6 heteroatoms. The zero-order chi connectivity index (χ0) is 16.0. The van der Waals surface area contributed by atoms with Crippen LogP contribution in [0.2, 0.25) is 0 Å². The fraction of sp³-hybridized carbons (Fsp3) is 0.600. The van der Waals surface area contributed by atoms with Crippen LogP contribution in [0.5, 0.6) is 0 Å². The first-order valence-electron chi connectivity index (χ1n) is 7.50. The highest BCUT2D eigenvalue weighted by atomic mass is 31.2. The lowest BCUT2D eigenvalue weighted by Crippen LogP contribution is -2.00. The number of benzene rings is 1. The molecule has 0 saturated carbocycles. The minimum atomic E-state index is -4.64. The average molecular weight is 317 g/mol. The number of anilines is 1. The lowest BCUT2D eigenvalue weighted by Gasteiger charge is -2.05. The van der Waals surface area contributed by atoms with E-state index in [1.807, 2.05) is 0 Å². The van der Waals surface area contributed by atoms with Crippen molar-refractivity contribution in [3.8, 4) is 0 Å². The number of hydrogen-bond donors (Lipinski definition) is 4. The summed E-state index contributed by atoms with van der Waals surface area (Å²) in [6.07, 6.45) is 9.64. The normalized spacial score (nSPS) is 10.7. The molecule has 0 atom stereocenters. The van der Waals surface area contributed by atoms with E-state index in [0.717, 1.165) is 6.54 Å². The van der Waals surface area contributed by atoms with Crippen molar-refractivity contribution in [1.29, 1.82) is 0 Å². The minimum Gasteiger partial charge on any atom is -0.385 e. The van der Waals surface area contributed by atoms with Gasteiger partial charge in [0.05, 0.1) is 0 Å². The Morgan fingerprint density at radius 2 is 1.38 bits per heavy atom. The van der Waals surface area contributed by atoms with Gasteiger partial charge in [0.25, 0.3) is 0 Å². The largest absolute Gasteiger partial charge is 0.466 e. The molecule has 0 bridgehead atoms. The van der Waals surface area contributed by atoms with Crippen molar-refractivity contribution in [1.82, 2.24) is 0 Å². The van der Waals surface area contributed by atoms with Gasteiger partial charge >= 0.3 is 7.82 Å². The van der Waals surface area contributed by atoms with E-state index in [1.165, 1.54) is 50.6 Å². The molecule has 0 aliphatic rings. The Bertz CT molecular complexity index is 372. The zero-order valence-corrected chi connectivity index (χ0v) is 13.6. The summed E-state index contributed by atoms with van der Waals surface area (Å²) in [5.41, 5.74) is 1.24. The molecule has 122 valence electrons. The minimum absolute atomic E-state index is 1.11. The van der Waals surface area contributed by atoms with E-state index in [0.29, 0.717) is 0 Å². The van der Waals surface area contributed by atoms with E-state index in [-0.39, 0.29) is 0 Å². The standard InChI is InChI=1S/C15H25N.H3O4P/c1-2-3-4-5-6-7-11-14-16-15-12-9-8-10-13-15;1-5(2,3)4/h8-10,12-13,16H,2-7,11,14H2,1H3;(H3,1,2,3,4). The van der Waals surface area contributed by atoms with Gasteiger partial charge in [0.2, 0.25) is 0 Å². The van der Waals surface area contributed by atoms with E-state index in [2.05, 4.69) is 42.6 Å². The van der Waals surface area contributed by atoms with Gasteiger partial charge in [0, 0.05) is 12.2 Å². The van der Waals surface area contributed by atoms with Crippen LogP contribution in [-0.2, 0) is 4.57 Å². The van der Waals surface area contributed by atoms with E-state index in [1.54, 1.807) is 0 Å². The molecule has 1 aromatic rings. The quantitative estimate of drug-likeness (QED) is 0.409. The maximum absolute atomic E-state index is 8.88. The molecule has 0 unspecified atom stereocenters. The molecule has 1 aromatic carbocycles. The van der Waals surface area contributed by atoms with Crippen LogP contribution in [0.15, 0.2) is 30.3 Å². The smallest absolute Gasteiger partial charge is 0.385 e. The van der Waals surface area contributed by atoms with E-state index >= 15 is 0 Å². The molecule has 21 heavy (non-hydrogen) atoms. The first-order chi connectivity index (χ1) is 9.93. The second-order valence-corrected chi connectivity index (χ2v) is 5.95. The molecule has 0 fully saturated rings. The Morgan fingerprint density at radius 1 is 0.905 bits per heavy atom. The summed E-state index contributed by atoms with van der Waals surface area (Å²) >= 11 is 0. The molecule has 0 aliphatic carbocycles. The van der Waals surface area contributed by atoms with Gasteiger partial charge in [-0.05, 0) is 18.6 Å². The Kier molecular flexibility index (Phi) is 12.3. The van der Waals surface area contributed by atoms with Crippen LogP contribution < -0.4 is 5.32 Å². The van der Waals surface area contributed by atoms with Crippen molar-refractivity contribution in [3.63, 3.8) is 0 Å². The highest BCUT2D eigenvalue weighted by Gasteiger charge is 2.00. The van der Waals surface area contributed by atoms with Crippen LogP contribution in [0.25, 0.3) is 0 Å². The lowest BCUT2D eigenvalue weighted by atomic mass is 10.1. The zero-order valence-electron chi connectivity index (χ0n) is 12.7. The Labute approximate surface area is 127 Å². The number of nitrogens with one attached hydrogen (secondary N) is 1. The third-order valence-electron chi connectivity index (χ3n) is 2.88. The SMILES string of the molecule is CCCCCCCCCNc1ccccc1.O=P(O)(O)O. The molecule has 4 N–H and O–H groups in total. The Balaban J connectivity index is 0.000000690. The first kappa shape index (κ1) is 20.1. The van der Waals surface area contributed by atoms with Crippen LogP contribution in [0.3, 0.4) is 0 Å². The molecular formula is C15H28NO4P. The van der Waals surface area contributed by atoms with Crippen LogP contribution in [0, 0.1) is 0 Å². The lowest BCUT2D eigenvalue weighted by molar-refractivity contribution is 0.275. The third-order valence-corrected chi connectivity index (χ3v) is 2.88. The molecule has 0 amide bonds. The summed E-state index contributed by atoms with van der Waals surface area (Å²) in [7, 11) is -4.64. The van der Waals surface area contributed by atoms with Crippen LogP contribution in [-0.4, -0.2) is 21.2 Å². The number of unbranched alkanes of at least 4 members (excludes halogenated alkanes) is 6. The van der Waals surface area contributed by atoms with Crippen molar-refractivity contribution in [2.45, 2.75) is 51.9 Å². The van der Waals surface area contributed by atoms with Crippen LogP contribution in [0.1, 0.15) is 51.9 Å². The van der Waals surface area contributed by atoms with Gasteiger partial charge in [-0.2, -0.15) is 0 Å². The molecule has 0 aliphatic heterocycles. The molecule has 0 aromatic heterocycles. The molecule has 0 heterocycles. The number of phosphoric acid groups is 1. The number of rotatable bonds is 9. The van der Waals surface area contributed by atoms with Crippen LogP contribution >= 0.6 is 7.82 Å². The third kappa shape index (κ3) is 19.1. The van der Waals surface area contributed by atoms with Gasteiger partial charge in [-0.3, -0.25) is 0 Å². The molecule has 0 radical (unpaired) electrons. The summed E-state index contributed by atoms with van der Waals surface area (Å²) < 4.78 is 8.88. The van der Waals surface area contributed by atoms with E-state index < -0.39 is 7.82 Å². The van der Waals surface area contributed by atoms with Gasteiger partial charge in [0.15, 0.2) is 0 Å². The second-order valence-electron chi connectivity index (χ2n) is 4.93. The maximum atomic E-state index is 8.88. The van der Waals surface area contributed by atoms with Crippen LogP contribution in [0.4, 0.5) is 5.69 Å². The van der Waals surface area contributed by atoms with Gasteiger partial charge < -0.3 is 20.0 Å². The summed E-state index contributed by atoms with van der Waals surface area (Å²) in [4.78, 5) is 21.6. The number of hydrogen-bond acceptors (Lipinski definition) is 2.